The minimum absolute atomic E-state index is 0.144. The molecule has 0 atom stereocenters. The maximum atomic E-state index is 5.00. The average Bonchev–Trinajstić information content (AvgIpc) is 2.29. The van der Waals surface area contributed by atoms with Crippen LogP contribution in [0.25, 0.3) is 0 Å². The Morgan fingerprint density at radius 3 is 2.31 bits per heavy atom. The zero-order chi connectivity index (χ0) is 12.0. The van der Waals surface area contributed by atoms with Crippen molar-refractivity contribution >= 4 is 0 Å². The van der Waals surface area contributed by atoms with E-state index < -0.39 is 0 Å². The van der Waals surface area contributed by atoms with Gasteiger partial charge in [-0.3, -0.25) is 5.32 Å². The molecule has 2 heteroatoms. The molecule has 90 valence electrons. The molecule has 0 aromatic heterocycles. The highest BCUT2D eigenvalue weighted by molar-refractivity contribution is 5.28. The number of ether oxygens (including phenoxy) is 1. The van der Waals surface area contributed by atoms with Gasteiger partial charge in [0, 0.05) is 19.1 Å². The fraction of sp³-hybridized carbons (Fsp3) is 0.571. The molecule has 1 aromatic rings. The van der Waals surface area contributed by atoms with E-state index in [1.165, 1.54) is 11.1 Å². The summed E-state index contributed by atoms with van der Waals surface area (Å²) in [6.07, 6.45) is 1.10. The number of aryl methyl sites for hydroxylation is 1. The summed E-state index contributed by atoms with van der Waals surface area (Å²) in [4.78, 5) is 0. The predicted molar refractivity (Wildman–Crippen MR) is 68.7 cm³/mol. The summed E-state index contributed by atoms with van der Waals surface area (Å²) >= 11 is 0. The fourth-order valence-electron chi connectivity index (χ4n) is 1.76. The molecule has 0 heterocycles. The molecule has 0 spiro atoms. The summed E-state index contributed by atoms with van der Waals surface area (Å²) in [5.41, 5.74) is 2.91. The Kier molecular flexibility index (Phi) is 4.97. The third kappa shape index (κ3) is 3.62. The van der Waals surface area contributed by atoms with Gasteiger partial charge in [-0.25, -0.2) is 0 Å². The number of nitrogens with one attached hydrogen (secondary N) is 1. The summed E-state index contributed by atoms with van der Waals surface area (Å²) in [6, 6.07) is 8.89. The van der Waals surface area contributed by atoms with Gasteiger partial charge in [-0.1, -0.05) is 45.0 Å². The predicted octanol–water partition coefficient (Wildman–Crippen LogP) is 2.72. The molecule has 0 aliphatic rings. The van der Waals surface area contributed by atoms with E-state index in [2.05, 4.69) is 50.4 Å². The molecular formula is C14H23NO. The topological polar surface area (TPSA) is 21.3 Å². The molecule has 16 heavy (non-hydrogen) atoms. The van der Waals surface area contributed by atoms with E-state index >= 15 is 0 Å². The van der Waals surface area contributed by atoms with Gasteiger partial charge >= 0.3 is 0 Å². The van der Waals surface area contributed by atoms with E-state index in [1.807, 2.05) is 0 Å². The average molecular weight is 221 g/mol. The Balaban J connectivity index is 2.65. The second kappa shape index (κ2) is 6.02. The molecule has 0 saturated heterocycles. The third-order valence-corrected chi connectivity index (χ3v) is 2.96. The molecule has 0 fully saturated rings. The lowest BCUT2D eigenvalue weighted by molar-refractivity contribution is 0.169. The molecule has 0 unspecified atom stereocenters. The van der Waals surface area contributed by atoms with Gasteiger partial charge in [0.1, 0.15) is 0 Å². The Morgan fingerprint density at radius 1 is 1.19 bits per heavy atom. The highest BCUT2D eigenvalue weighted by atomic mass is 16.5. The second-order valence-corrected chi connectivity index (χ2v) is 4.79. The molecule has 0 radical (unpaired) electrons. The zero-order valence-electron chi connectivity index (χ0n) is 10.8. The first-order valence-electron chi connectivity index (χ1n) is 5.89. The first kappa shape index (κ1) is 13.2. The first-order chi connectivity index (χ1) is 7.60. The summed E-state index contributed by atoms with van der Waals surface area (Å²) in [7, 11) is 1.70. The number of benzene rings is 1. The molecule has 1 rings (SSSR count). The molecule has 2 nitrogen and oxygen atoms in total. The van der Waals surface area contributed by atoms with Gasteiger partial charge in [0.25, 0.3) is 0 Å². The van der Waals surface area contributed by atoms with Crippen molar-refractivity contribution in [3.05, 3.63) is 35.4 Å². The molecular weight excluding hydrogens is 198 g/mol. The van der Waals surface area contributed by atoms with Crippen LogP contribution in [0.4, 0.5) is 0 Å². The highest BCUT2D eigenvalue weighted by Gasteiger charge is 2.19. The highest BCUT2D eigenvalue weighted by Crippen LogP contribution is 2.22. The largest absolute Gasteiger partial charge is 0.370 e. The van der Waals surface area contributed by atoms with Crippen LogP contribution in [0.5, 0.6) is 0 Å². The third-order valence-electron chi connectivity index (χ3n) is 2.96. The van der Waals surface area contributed by atoms with Crippen LogP contribution in [0, 0.1) is 0 Å². The van der Waals surface area contributed by atoms with Crippen LogP contribution in [0.15, 0.2) is 24.3 Å². The molecule has 0 saturated carbocycles. The van der Waals surface area contributed by atoms with E-state index in [-0.39, 0.29) is 5.41 Å². The van der Waals surface area contributed by atoms with Crippen LogP contribution < -0.4 is 5.32 Å². The summed E-state index contributed by atoms with van der Waals surface area (Å²) in [5.74, 6) is 0. The quantitative estimate of drug-likeness (QED) is 0.589. The van der Waals surface area contributed by atoms with Crippen molar-refractivity contribution in [3.8, 4) is 0 Å². The van der Waals surface area contributed by atoms with Crippen molar-refractivity contribution in [2.24, 2.45) is 0 Å². The zero-order valence-corrected chi connectivity index (χ0v) is 10.8. The molecule has 1 aromatic carbocycles. The van der Waals surface area contributed by atoms with Crippen molar-refractivity contribution < 1.29 is 4.74 Å². The monoisotopic (exact) mass is 221 g/mol. The maximum Gasteiger partial charge on any atom is 0.0961 e. The lowest BCUT2D eigenvalue weighted by Crippen LogP contribution is -2.33. The second-order valence-electron chi connectivity index (χ2n) is 4.79. The number of hydrogen-bond acceptors (Lipinski definition) is 2. The summed E-state index contributed by atoms with van der Waals surface area (Å²) in [5, 5.41) is 3.28. The normalized spacial score (nSPS) is 11.8. The maximum absolute atomic E-state index is 5.00. The first-order valence-corrected chi connectivity index (χ1v) is 5.89. The standard InChI is InChI=1S/C14H23NO/c1-5-12-6-8-13(9-7-12)14(2,3)10-15-11-16-4/h6-9,15H,5,10-11H2,1-4H3. The number of rotatable bonds is 6. The Labute approximate surface area is 99.0 Å². The van der Waals surface area contributed by atoms with Gasteiger partial charge in [0.05, 0.1) is 6.73 Å². The van der Waals surface area contributed by atoms with Crippen molar-refractivity contribution in [1.29, 1.82) is 0 Å². The lowest BCUT2D eigenvalue weighted by atomic mass is 9.84. The Morgan fingerprint density at radius 2 is 1.81 bits per heavy atom. The van der Waals surface area contributed by atoms with Gasteiger partial charge in [0.2, 0.25) is 0 Å². The van der Waals surface area contributed by atoms with Crippen molar-refractivity contribution in [1.82, 2.24) is 5.32 Å². The van der Waals surface area contributed by atoms with Crippen molar-refractivity contribution in [2.75, 3.05) is 20.4 Å². The molecule has 0 bridgehead atoms. The van der Waals surface area contributed by atoms with Gasteiger partial charge < -0.3 is 4.74 Å². The van der Waals surface area contributed by atoms with E-state index in [0.29, 0.717) is 6.73 Å². The van der Waals surface area contributed by atoms with Crippen LogP contribution >= 0.6 is 0 Å². The van der Waals surface area contributed by atoms with Gasteiger partial charge in [-0.15, -0.1) is 0 Å². The van der Waals surface area contributed by atoms with E-state index in [4.69, 9.17) is 4.74 Å². The number of hydrogen-bond donors (Lipinski definition) is 1. The van der Waals surface area contributed by atoms with E-state index in [1.54, 1.807) is 7.11 Å². The lowest BCUT2D eigenvalue weighted by Gasteiger charge is -2.25. The SMILES string of the molecule is CCc1ccc(C(C)(C)CNCOC)cc1. The summed E-state index contributed by atoms with van der Waals surface area (Å²) in [6.45, 7) is 8.20. The smallest absolute Gasteiger partial charge is 0.0961 e. The molecule has 0 aliphatic carbocycles. The van der Waals surface area contributed by atoms with Crippen LogP contribution in [-0.4, -0.2) is 20.4 Å². The summed E-state index contributed by atoms with van der Waals surface area (Å²) < 4.78 is 5.00. The minimum atomic E-state index is 0.144. The fourth-order valence-corrected chi connectivity index (χ4v) is 1.76. The van der Waals surface area contributed by atoms with Crippen LogP contribution in [0.2, 0.25) is 0 Å². The van der Waals surface area contributed by atoms with Crippen LogP contribution in [0.3, 0.4) is 0 Å². The molecule has 1 N–H and O–H groups in total. The minimum Gasteiger partial charge on any atom is -0.370 e. The Hall–Kier alpha value is -0.860. The molecule has 0 amide bonds. The van der Waals surface area contributed by atoms with Gasteiger partial charge in [0.15, 0.2) is 0 Å². The molecule has 0 aliphatic heterocycles. The van der Waals surface area contributed by atoms with E-state index in [0.717, 1.165) is 13.0 Å². The van der Waals surface area contributed by atoms with Gasteiger partial charge in [-0.2, -0.15) is 0 Å². The van der Waals surface area contributed by atoms with Gasteiger partial charge in [-0.05, 0) is 17.5 Å². The van der Waals surface area contributed by atoms with Crippen molar-refractivity contribution in [2.45, 2.75) is 32.6 Å². The van der Waals surface area contributed by atoms with Crippen LogP contribution in [0.1, 0.15) is 31.9 Å². The van der Waals surface area contributed by atoms with Crippen molar-refractivity contribution in [3.63, 3.8) is 0 Å². The number of methoxy groups -OCH3 is 1. The van der Waals surface area contributed by atoms with E-state index in [9.17, 15) is 0 Å². The van der Waals surface area contributed by atoms with Crippen LogP contribution in [-0.2, 0) is 16.6 Å². The Bertz CT molecular complexity index is 303.